The smallest absolute Gasteiger partial charge is 0.339 e. The number of para-hydroxylation sites is 1. The molecule has 0 spiro atoms. The zero-order valence-corrected chi connectivity index (χ0v) is 11.3. The summed E-state index contributed by atoms with van der Waals surface area (Å²) < 4.78 is 24.0. The lowest BCUT2D eigenvalue weighted by Crippen LogP contribution is -2.09. The highest BCUT2D eigenvalue weighted by atomic mass is 19.1. The quantitative estimate of drug-likeness (QED) is 0.796. The number of hydrogen-bond acceptors (Lipinski definition) is 3. The van der Waals surface area contributed by atoms with Crippen LogP contribution in [0.2, 0.25) is 0 Å². The molecule has 0 bridgehead atoms. The second kappa shape index (κ2) is 7.40. The van der Waals surface area contributed by atoms with Gasteiger partial charge in [-0.3, -0.25) is 0 Å². The third-order valence-electron chi connectivity index (χ3n) is 2.82. The van der Waals surface area contributed by atoms with Crippen LogP contribution in [0.15, 0.2) is 48.5 Å². The highest BCUT2D eigenvalue weighted by molar-refractivity contribution is 5.90. The van der Waals surface area contributed by atoms with Crippen LogP contribution in [0.3, 0.4) is 0 Å². The fourth-order valence-corrected chi connectivity index (χ4v) is 1.78. The molecule has 0 unspecified atom stereocenters. The normalized spacial score (nSPS) is 10.3. The molecule has 0 saturated carbocycles. The Morgan fingerprint density at radius 3 is 2.52 bits per heavy atom. The van der Waals surface area contributed by atoms with Crippen LogP contribution in [0.5, 0.6) is 5.75 Å². The average molecular weight is 290 g/mol. The molecule has 1 N–H and O–H groups in total. The number of carboxylic acids is 1. The Morgan fingerprint density at radius 2 is 1.76 bits per heavy atom. The molecule has 5 heteroatoms. The van der Waals surface area contributed by atoms with Crippen molar-refractivity contribution in [1.29, 1.82) is 0 Å². The maximum atomic E-state index is 13.3. The molecule has 2 aromatic rings. The Kier molecular flexibility index (Phi) is 5.29. The van der Waals surface area contributed by atoms with Gasteiger partial charge in [-0.2, -0.15) is 0 Å². The minimum atomic E-state index is -1.04. The third kappa shape index (κ3) is 4.29. The van der Waals surface area contributed by atoms with Gasteiger partial charge in [0.25, 0.3) is 0 Å². The van der Waals surface area contributed by atoms with Crippen molar-refractivity contribution < 1.29 is 23.8 Å². The fraction of sp³-hybridized carbons (Fsp3) is 0.188. The zero-order chi connectivity index (χ0) is 15.1. The Bertz CT molecular complexity index is 613. The summed E-state index contributed by atoms with van der Waals surface area (Å²) in [6.07, 6.45) is 0. The van der Waals surface area contributed by atoms with Gasteiger partial charge in [0.2, 0.25) is 0 Å². The van der Waals surface area contributed by atoms with Gasteiger partial charge in [0.05, 0.1) is 13.2 Å². The molecular weight excluding hydrogens is 275 g/mol. The standard InChI is InChI=1S/C16H15FO4/c17-14-7-3-1-5-12(14)11-20-9-10-21-15-8-4-2-6-13(15)16(18)19/h1-8H,9-11H2,(H,18,19). The highest BCUT2D eigenvalue weighted by Crippen LogP contribution is 2.17. The molecule has 0 aliphatic rings. The SMILES string of the molecule is O=C(O)c1ccccc1OCCOCc1ccccc1F. The molecule has 110 valence electrons. The van der Waals surface area contributed by atoms with Crippen LogP contribution in [0.1, 0.15) is 15.9 Å². The largest absolute Gasteiger partial charge is 0.490 e. The Hall–Kier alpha value is -2.40. The number of halogens is 1. The van der Waals surface area contributed by atoms with Crippen molar-refractivity contribution in [3.8, 4) is 5.75 Å². The van der Waals surface area contributed by atoms with Crippen molar-refractivity contribution in [3.05, 3.63) is 65.5 Å². The zero-order valence-electron chi connectivity index (χ0n) is 11.3. The molecule has 0 aliphatic heterocycles. The Morgan fingerprint density at radius 1 is 1.05 bits per heavy atom. The van der Waals surface area contributed by atoms with Gasteiger partial charge in [-0.05, 0) is 18.2 Å². The van der Waals surface area contributed by atoms with Gasteiger partial charge >= 0.3 is 5.97 Å². The lowest BCUT2D eigenvalue weighted by atomic mass is 10.2. The van der Waals surface area contributed by atoms with Crippen molar-refractivity contribution in [2.45, 2.75) is 6.61 Å². The monoisotopic (exact) mass is 290 g/mol. The summed E-state index contributed by atoms with van der Waals surface area (Å²) in [6.45, 7) is 0.581. The molecule has 2 aromatic carbocycles. The molecule has 0 fully saturated rings. The molecule has 4 nitrogen and oxygen atoms in total. The first kappa shape index (κ1) is 15.0. The van der Waals surface area contributed by atoms with Crippen molar-refractivity contribution in [2.75, 3.05) is 13.2 Å². The van der Waals surface area contributed by atoms with E-state index in [0.717, 1.165) is 0 Å². The summed E-state index contributed by atoms with van der Waals surface area (Å²) in [5, 5.41) is 8.99. The van der Waals surface area contributed by atoms with Gasteiger partial charge in [0, 0.05) is 5.56 Å². The second-order valence-corrected chi connectivity index (χ2v) is 4.29. The van der Waals surface area contributed by atoms with E-state index in [1.165, 1.54) is 12.1 Å². The molecule has 0 radical (unpaired) electrons. The van der Waals surface area contributed by atoms with Gasteiger partial charge in [-0.25, -0.2) is 9.18 Å². The first-order chi connectivity index (χ1) is 10.2. The van der Waals surface area contributed by atoms with Crippen LogP contribution in [-0.4, -0.2) is 24.3 Å². The minimum Gasteiger partial charge on any atom is -0.490 e. The van der Waals surface area contributed by atoms with Crippen molar-refractivity contribution >= 4 is 5.97 Å². The van der Waals surface area contributed by atoms with E-state index in [0.29, 0.717) is 11.3 Å². The van der Waals surface area contributed by atoms with Crippen molar-refractivity contribution in [1.82, 2.24) is 0 Å². The topological polar surface area (TPSA) is 55.8 Å². The predicted octanol–water partition coefficient (Wildman–Crippen LogP) is 3.12. The van der Waals surface area contributed by atoms with E-state index in [-0.39, 0.29) is 31.2 Å². The summed E-state index contributed by atoms with van der Waals surface area (Å²) in [5.41, 5.74) is 0.579. The molecule has 21 heavy (non-hydrogen) atoms. The molecule has 0 amide bonds. The molecule has 0 heterocycles. The van der Waals surface area contributed by atoms with E-state index < -0.39 is 5.97 Å². The fourth-order valence-electron chi connectivity index (χ4n) is 1.78. The molecule has 0 aliphatic carbocycles. The van der Waals surface area contributed by atoms with E-state index in [1.54, 1.807) is 36.4 Å². The maximum absolute atomic E-state index is 13.3. The number of ether oxygens (including phenoxy) is 2. The summed E-state index contributed by atoms with van der Waals surface area (Å²) in [4.78, 5) is 11.0. The number of rotatable bonds is 7. The van der Waals surface area contributed by atoms with Crippen LogP contribution in [0, 0.1) is 5.82 Å². The van der Waals surface area contributed by atoms with E-state index in [1.807, 2.05) is 0 Å². The van der Waals surface area contributed by atoms with E-state index in [9.17, 15) is 9.18 Å². The second-order valence-electron chi connectivity index (χ2n) is 4.29. The van der Waals surface area contributed by atoms with Crippen molar-refractivity contribution in [2.24, 2.45) is 0 Å². The lowest BCUT2D eigenvalue weighted by molar-refractivity contribution is 0.0680. The Labute approximate surface area is 121 Å². The molecule has 0 atom stereocenters. The first-order valence-corrected chi connectivity index (χ1v) is 6.45. The van der Waals surface area contributed by atoms with Crippen LogP contribution >= 0.6 is 0 Å². The van der Waals surface area contributed by atoms with Gasteiger partial charge in [-0.15, -0.1) is 0 Å². The molecule has 0 saturated heterocycles. The van der Waals surface area contributed by atoms with Crippen LogP contribution < -0.4 is 4.74 Å². The summed E-state index contributed by atoms with van der Waals surface area (Å²) >= 11 is 0. The molecule has 2 rings (SSSR count). The predicted molar refractivity (Wildman–Crippen MR) is 75.0 cm³/mol. The van der Waals surface area contributed by atoms with Gasteiger partial charge in [0.1, 0.15) is 23.7 Å². The minimum absolute atomic E-state index is 0.103. The lowest BCUT2D eigenvalue weighted by Gasteiger charge is -2.09. The number of aromatic carboxylic acids is 1. The van der Waals surface area contributed by atoms with E-state index >= 15 is 0 Å². The van der Waals surface area contributed by atoms with Gasteiger partial charge in [-0.1, -0.05) is 30.3 Å². The van der Waals surface area contributed by atoms with Gasteiger partial charge in [0.15, 0.2) is 0 Å². The molecule has 0 aromatic heterocycles. The number of carboxylic acid groups (broad SMARTS) is 1. The van der Waals surface area contributed by atoms with Crippen molar-refractivity contribution in [3.63, 3.8) is 0 Å². The molecular formula is C16H15FO4. The number of hydrogen-bond donors (Lipinski definition) is 1. The summed E-state index contributed by atoms with van der Waals surface area (Å²) in [6, 6.07) is 12.8. The third-order valence-corrected chi connectivity index (χ3v) is 2.82. The van der Waals surface area contributed by atoms with Crippen LogP contribution in [-0.2, 0) is 11.3 Å². The van der Waals surface area contributed by atoms with E-state index in [4.69, 9.17) is 14.6 Å². The Balaban J connectivity index is 1.78. The van der Waals surface area contributed by atoms with Gasteiger partial charge < -0.3 is 14.6 Å². The maximum Gasteiger partial charge on any atom is 0.339 e. The summed E-state index contributed by atoms with van der Waals surface area (Å²) in [5.74, 6) is -1.06. The average Bonchev–Trinajstić information content (AvgIpc) is 2.49. The van der Waals surface area contributed by atoms with Crippen LogP contribution in [0.4, 0.5) is 4.39 Å². The first-order valence-electron chi connectivity index (χ1n) is 6.45. The highest BCUT2D eigenvalue weighted by Gasteiger charge is 2.09. The summed E-state index contributed by atoms with van der Waals surface area (Å²) in [7, 11) is 0. The van der Waals surface area contributed by atoms with E-state index in [2.05, 4.69) is 0 Å². The number of carbonyl (C=O) groups is 1. The van der Waals surface area contributed by atoms with Crippen LogP contribution in [0.25, 0.3) is 0 Å². The number of benzene rings is 2.